The van der Waals surface area contributed by atoms with E-state index in [-0.39, 0.29) is 11.7 Å². The Bertz CT molecular complexity index is 527. The molecule has 0 radical (unpaired) electrons. The molecule has 1 aromatic carbocycles. The molecule has 3 nitrogen and oxygen atoms in total. The average Bonchev–Trinajstić information content (AvgIpc) is 2.85. The van der Waals surface area contributed by atoms with Crippen LogP contribution in [0.15, 0.2) is 35.7 Å². The summed E-state index contributed by atoms with van der Waals surface area (Å²) in [6.07, 6.45) is -4.45. The Labute approximate surface area is 111 Å². The van der Waals surface area contributed by atoms with Crippen LogP contribution in [0.2, 0.25) is 0 Å². The van der Waals surface area contributed by atoms with Gasteiger partial charge in [-0.25, -0.2) is 4.98 Å². The number of aromatic nitrogens is 1. The molecule has 2 rings (SSSR count). The van der Waals surface area contributed by atoms with Crippen LogP contribution in [0.3, 0.4) is 0 Å². The number of thiazole rings is 1. The first-order chi connectivity index (χ1) is 9.00. The largest absolute Gasteiger partial charge is 0.434 e. The maximum Gasteiger partial charge on any atom is 0.434 e. The van der Waals surface area contributed by atoms with Gasteiger partial charge in [0.2, 0.25) is 0 Å². The van der Waals surface area contributed by atoms with Gasteiger partial charge in [0, 0.05) is 5.38 Å². The zero-order valence-corrected chi connectivity index (χ0v) is 10.5. The molecule has 1 heterocycles. The third-order valence-corrected chi connectivity index (χ3v) is 3.25. The number of hydrogen-bond acceptors (Lipinski definition) is 4. The summed E-state index contributed by atoms with van der Waals surface area (Å²) in [5, 5.41) is 13.2. The lowest BCUT2D eigenvalue weighted by atomic mass is 10.1. The molecule has 102 valence electrons. The molecule has 0 aliphatic rings. The van der Waals surface area contributed by atoms with Gasteiger partial charge >= 0.3 is 6.18 Å². The molecule has 7 heteroatoms. The van der Waals surface area contributed by atoms with Crippen molar-refractivity contribution < 1.29 is 18.3 Å². The Balaban J connectivity index is 2.13. The van der Waals surface area contributed by atoms with Crippen molar-refractivity contribution in [3.8, 4) is 0 Å². The van der Waals surface area contributed by atoms with Crippen LogP contribution in [0.1, 0.15) is 17.3 Å². The number of nitrogens with zero attached hydrogens (tertiary/aromatic N) is 1. The summed E-state index contributed by atoms with van der Waals surface area (Å²) in [6, 6.07) is 8.50. The number of alkyl halides is 3. The molecule has 0 aliphatic carbocycles. The van der Waals surface area contributed by atoms with Crippen molar-refractivity contribution in [2.24, 2.45) is 0 Å². The number of halogens is 3. The van der Waals surface area contributed by atoms with E-state index in [9.17, 15) is 18.3 Å². The Morgan fingerprint density at radius 1 is 1.26 bits per heavy atom. The highest BCUT2D eigenvalue weighted by atomic mass is 32.1. The van der Waals surface area contributed by atoms with E-state index in [1.807, 2.05) is 6.07 Å². The fourth-order valence-electron chi connectivity index (χ4n) is 1.54. The Morgan fingerprint density at radius 2 is 1.95 bits per heavy atom. The molecule has 0 amide bonds. The van der Waals surface area contributed by atoms with Crippen molar-refractivity contribution in [3.05, 3.63) is 47.0 Å². The van der Waals surface area contributed by atoms with Crippen molar-refractivity contribution in [2.75, 3.05) is 11.9 Å². The highest BCUT2D eigenvalue weighted by Gasteiger charge is 2.33. The lowest BCUT2D eigenvalue weighted by Crippen LogP contribution is -2.15. The van der Waals surface area contributed by atoms with Gasteiger partial charge in [-0.1, -0.05) is 30.3 Å². The fraction of sp³-hybridized carbons (Fsp3) is 0.250. The van der Waals surface area contributed by atoms with Gasteiger partial charge in [0.25, 0.3) is 0 Å². The predicted octanol–water partition coefficient (Wildman–Crippen LogP) is 3.31. The molecule has 0 aliphatic heterocycles. The number of anilines is 1. The predicted molar refractivity (Wildman–Crippen MR) is 67.0 cm³/mol. The van der Waals surface area contributed by atoms with E-state index in [4.69, 9.17) is 0 Å². The van der Waals surface area contributed by atoms with Crippen LogP contribution >= 0.6 is 11.3 Å². The Hall–Kier alpha value is -1.60. The lowest BCUT2D eigenvalue weighted by Gasteiger charge is -2.15. The van der Waals surface area contributed by atoms with Crippen molar-refractivity contribution in [1.29, 1.82) is 0 Å². The zero-order valence-electron chi connectivity index (χ0n) is 9.69. The van der Waals surface area contributed by atoms with Crippen LogP contribution in [0.4, 0.5) is 18.3 Å². The van der Waals surface area contributed by atoms with Crippen molar-refractivity contribution in [3.63, 3.8) is 0 Å². The molecule has 0 fully saturated rings. The van der Waals surface area contributed by atoms with E-state index in [1.165, 1.54) is 0 Å². The molecule has 2 aromatic rings. The minimum absolute atomic E-state index is 0.134. The molecular formula is C12H11F3N2OS. The second-order valence-electron chi connectivity index (χ2n) is 3.83. The minimum atomic E-state index is -4.45. The summed E-state index contributed by atoms with van der Waals surface area (Å²) in [6.45, 7) is -0.231. The van der Waals surface area contributed by atoms with E-state index < -0.39 is 17.9 Å². The van der Waals surface area contributed by atoms with E-state index in [0.717, 1.165) is 22.3 Å². The summed E-state index contributed by atoms with van der Waals surface area (Å²) in [7, 11) is 0. The molecule has 0 unspecified atom stereocenters. The number of aliphatic hydroxyl groups excluding tert-OH is 1. The molecule has 0 spiro atoms. The molecule has 0 bridgehead atoms. The summed E-state index contributed by atoms with van der Waals surface area (Å²) in [5.74, 6) is 0. The normalized spacial score (nSPS) is 13.3. The van der Waals surface area contributed by atoms with Gasteiger partial charge in [-0.2, -0.15) is 13.2 Å². The van der Waals surface area contributed by atoms with Gasteiger partial charge < -0.3 is 10.4 Å². The quantitative estimate of drug-likeness (QED) is 0.907. The van der Waals surface area contributed by atoms with Crippen molar-refractivity contribution in [1.82, 2.24) is 4.98 Å². The zero-order chi connectivity index (χ0) is 13.9. The van der Waals surface area contributed by atoms with Crippen LogP contribution < -0.4 is 5.32 Å². The SMILES string of the molecule is OC[C@@H](Nc1nc(C(F)(F)F)cs1)c1ccccc1. The van der Waals surface area contributed by atoms with E-state index >= 15 is 0 Å². The van der Waals surface area contributed by atoms with Gasteiger partial charge in [-0.15, -0.1) is 11.3 Å². The first kappa shape index (κ1) is 13.8. The number of benzene rings is 1. The third kappa shape index (κ3) is 3.45. The van der Waals surface area contributed by atoms with Gasteiger partial charge in [0.1, 0.15) is 0 Å². The van der Waals surface area contributed by atoms with Crippen molar-refractivity contribution in [2.45, 2.75) is 12.2 Å². The maximum atomic E-state index is 12.4. The van der Waals surface area contributed by atoms with Gasteiger partial charge in [0.15, 0.2) is 10.8 Å². The molecule has 2 N–H and O–H groups in total. The van der Waals surface area contributed by atoms with Gasteiger partial charge in [-0.05, 0) is 5.56 Å². The van der Waals surface area contributed by atoms with E-state index in [1.54, 1.807) is 24.3 Å². The minimum Gasteiger partial charge on any atom is -0.394 e. The number of aliphatic hydroxyl groups is 1. The third-order valence-electron chi connectivity index (χ3n) is 2.48. The molecule has 0 saturated carbocycles. The lowest BCUT2D eigenvalue weighted by molar-refractivity contribution is -0.140. The average molecular weight is 288 g/mol. The first-order valence-corrected chi connectivity index (χ1v) is 6.33. The summed E-state index contributed by atoms with van der Waals surface area (Å²) in [4.78, 5) is 3.47. The smallest absolute Gasteiger partial charge is 0.394 e. The first-order valence-electron chi connectivity index (χ1n) is 5.46. The second kappa shape index (κ2) is 5.58. The monoisotopic (exact) mass is 288 g/mol. The number of hydrogen-bond donors (Lipinski definition) is 2. The number of rotatable bonds is 4. The molecule has 1 aromatic heterocycles. The highest BCUT2D eigenvalue weighted by molar-refractivity contribution is 7.13. The van der Waals surface area contributed by atoms with Crippen LogP contribution in [-0.2, 0) is 6.18 Å². The molecule has 0 saturated heterocycles. The van der Waals surface area contributed by atoms with Gasteiger partial charge in [-0.3, -0.25) is 0 Å². The number of nitrogens with one attached hydrogen (secondary N) is 1. The fourth-order valence-corrected chi connectivity index (χ4v) is 2.31. The van der Waals surface area contributed by atoms with Crippen LogP contribution in [0, 0.1) is 0 Å². The second-order valence-corrected chi connectivity index (χ2v) is 4.68. The molecule has 1 atom stereocenters. The standard InChI is InChI=1S/C12H11F3N2OS/c13-12(14,15)10-7-19-11(17-10)16-9(6-18)8-4-2-1-3-5-8/h1-5,7,9,18H,6H2,(H,16,17)/t9-/m1/s1. The maximum absolute atomic E-state index is 12.4. The summed E-state index contributed by atoms with van der Waals surface area (Å²) in [5.41, 5.74) is -0.140. The van der Waals surface area contributed by atoms with Crippen LogP contribution in [0.25, 0.3) is 0 Å². The van der Waals surface area contributed by atoms with E-state index in [0.29, 0.717) is 0 Å². The Kier molecular flexibility index (Phi) is 4.06. The molecular weight excluding hydrogens is 277 g/mol. The summed E-state index contributed by atoms with van der Waals surface area (Å²) < 4.78 is 37.2. The van der Waals surface area contributed by atoms with Crippen LogP contribution in [-0.4, -0.2) is 16.7 Å². The topological polar surface area (TPSA) is 45.1 Å². The van der Waals surface area contributed by atoms with Crippen LogP contribution in [0.5, 0.6) is 0 Å². The van der Waals surface area contributed by atoms with Gasteiger partial charge in [0.05, 0.1) is 12.6 Å². The Morgan fingerprint density at radius 3 is 2.47 bits per heavy atom. The van der Waals surface area contributed by atoms with Crippen molar-refractivity contribution >= 4 is 16.5 Å². The summed E-state index contributed by atoms with van der Waals surface area (Å²) >= 11 is 0.861. The highest BCUT2D eigenvalue weighted by Crippen LogP contribution is 2.32. The molecule has 19 heavy (non-hydrogen) atoms. The van der Waals surface area contributed by atoms with E-state index in [2.05, 4.69) is 10.3 Å².